The van der Waals surface area contributed by atoms with E-state index in [1.165, 1.54) is 6.42 Å². The van der Waals surface area contributed by atoms with E-state index in [9.17, 15) is 0 Å². The van der Waals surface area contributed by atoms with Crippen LogP contribution in [0.15, 0.2) is 6.20 Å². The average molecular weight is 262 g/mol. The summed E-state index contributed by atoms with van der Waals surface area (Å²) in [4.78, 5) is 8.79. The molecule has 0 radical (unpaired) electrons. The fourth-order valence-corrected chi connectivity index (χ4v) is 2.61. The Morgan fingerprint density at radius 1 is 1.37 bits per heavy atom. The molecule has 19 heavy (non-hydrogen) atoms. The first-order valence-electron chi connectivity index (χ1n) is 6.50. The summed E-state index contributed by atoms with van der Waals surface area (Å²) in [6.45, 7) is 0. The lowest BCUT2D eigenvalue weighted by Gasteiger charge is -2.20. The van der Waals surface area contributed by atoms with Crippen molar-refractivity contribution in [1.29, 1.82) is 0 Å². The number of aromatic nitrogens is 4. The van der Waals surface area contributed by atoms with Gasteiger partial charge in [0.1, 0.15) is 5.82 Å². The van der Waals surface area contributed by atoms with Crippen molar-refractivity contribution in [2.75, 3.05) is 24.8 Å². The standard InChI is InChI=1S/C12H18N6O/c1-13-12-16-10(7-6-14-18-11(7)17-12)15-8-4-3-5-9(8)19-2/h6,8-9H,3-5H2,1-2H3,(H3,13,14,15,16,17,18). The molecule has 2 heterocycles. The molecule has 0 bridgehead atoms. The number of anilines is 2. The quantitative estimate of drug-likeness (QED) is 0.771. The maximum Gasteiger partial charge on any atom is 0.226 e. The highest BCUT2D eigenvalue weighted by Crippen LogP contribution is 2.27. The SMILES string of the molecule is CNc1nc(NC2CCCC2OC)c2cn[nH]c2n1. The van der Waals surface area contributed by atoms with E-state index in [1.807, 2.05) is 0 Å². The second-order valence-corrected chi connectivity index (χ2v) is 4.73. The first-order valence-corrected chi connectivity index (χ1v) is 6.50. The van der Waals surface area contributed by atoms with Gasteiger partial charge in [0, 0.05) is 14.2 Å². The molecule has 3 N–H and O–H groups in total. The molecule has 0 saturated heterocycles. The molecular formula is C12H18N6O. The predicted octanol–water partition coefficient (Wildman–Crippen LogP) is 1.37. The molecule has 0 spiro atoms. The zero-order valence-corrected chi connectivity index (χ0v) is 11.1. The lowest BCUT2D eigenvalue weighted by Crippen LogP contribution is -2.30. The zero-order chi connectivity index (χ0) is 13.2. The molecule has 7 heteroatoms. The van der Waals surface area contributed by atoms with Crippen molar-refractivity contribution in [3.8, 4) is 0 Å². The number of rotatable bonds is 4. The average Bonchev–Trinajstić information content (AvgIpc) is 3.06. The minimum absolute atomic E-state index is 0.245. The maximum absolute atomic E-state index is 5.50. The predicted molar refractivity (Wildman–Crippen MR) is 73.3 cm³/mol. The van der Waals surface area contributed by atoms with E-state index in [0.29, 0.717) is 12.0 Å². The maximum atomic E-state index is 5.50. The monoisotopic (exact) mass is 262 g/mol. The molecule has 1 aliphatic carbocycles. The van der Waals surface area contributed by atoms with Crippen LogP contribution in [-0.4, -0.2) is 46.5 Å². The molecule has 0 amide bonds. The van der Waals surface area contributed by atoms with E-state index in [1.54, 1.807) is 20.4 Å². The summed E-state index contributed by atoms with van der Waals surface area (Å²) in [7, 11) is 3.56. The van der Waals surface area contributed by atoms with Crippen molar-refractivity contribution in [2.45, 2.75) is 31.4 Å². The van der Waals surface area contributed by atoms with Crippen LogP contribution in [0.3, 0.4) is 0 Å². The van der Waals surface area contributed by atoms with Gasteiger partial charge in [-0.3, -0.25) is 5.10 Å². The Kier molecular flexibility index (Phi) is 3.20. The van der Waals surface area contributed by atoms with Crippen molar-refractivity contribution >= 4 is 22.8 Å². The molecule has 1 aliphatic rings. The zero-order valence-electron chi connectivity index (χ0n) is 11.1. The molecule has 2 atom stereocenters. The summed E-state index contributed by atoms with van der Waals surface area (Å²) >= 11 is 0. The van der Waals surface area contributed by atoms with Gasteiger partial charge in [-0.2, -0.15) is 15.1 Å². The van der Waals surface area contributed by atoms with Crippen LogP contribution in [-0.2, 0) is 4.74 Å². The molecule has 2 aromatic heterocycles. The molecule has 3 rings (SSSR count). The van der Waals surface area contributed by atoms with Crippen LogP contribution in [0, 0.1) is 0 Å². The fraction of sp³-hybridized carbons (Fsp3) is 0.583. The van der Waals surface area contributed by atoms with Gasteiger partial charge in [0.25, 0.3) is 0 Å². The summed E-state index contributed by atoms with van der Waals surface area (Å²) in [5.74, 6) is 1.38. The van der Waals surface area contributed by atoms with Crippen LogP contribution >= 0.6 is 0 Å². The summed E-state index contributed by atoms with van der Waals surface area (Å²) in [5, 5.41) is 14.2. The molecule has 1 saturated carbocycles. The number of H-pyrrole nitrogens is 1. The van der Waals surface area contributed by atoms with Crippen LogP contribution in [0.4, 0.5) is 11.8 Å². The molecule has 0 aromatic carbocycles. The third-order valence-electron chi connectivity index (χ3n) is 3.61. The van der Waals surface area contributed by atoms with Gasteiger partial charge in [0.05, 0.1) is 23.7 Å². The third-order valence-corrected chi connectivity index (χ3v) is 3.61. The molecule has 7 nitrogen and oxygen atoms in total. The van der Waals surface area contributed by atoms with Crippen LogP contribution in [0.5, 0.6) is 0 Å². The largest absolute Gasteiger partial charge is 0.379 e. The van der Waals surface area contributed by atoms with Crippen LogP contribution in [0.2, 0.25) is 0 Å². The topological polar surface area (TPSA) is 87.8 Å². The second kappa shape index (κ2) is 5.00. The van der Waals surface area contributed by atoms with Gasteiger partial charge in [-0.1, -0.05) is 0 Å². The Morgan fingerprint density at radius 2 is 2.26 bits per heavy atom. The highest BCUT2D eigenvalue weighted by Gasteiger charge is 2.28. The van der Waals surface area contributed by atoms with Crippen LogP contribution < -0.4 is 10.6 Å². The molecule has 2 unspecified atom stereocenters. The summed E-state index contributed by atoms with van der Waals surface area (Å²) in [6, 6.07) is 0.294. The van der Waals surface area contributed by atoms with E-state index >= 15 is 0 Å². The lowest BCUT2D eigenvalue weighted by molar-refractivity contribution is 0.101. The van der Waals surface area contributed by atoms with E-state index in [2.05, 4.69) is 30.8 Å². The van der Waals surface area contributed by atoms with Crippen LogP contribution in [0.1, 0.15) is 19.3 Å². The third kappa shape index (κ3) is 2.21. The number of methoxy groups -OCH3 is 1. The van der Waals surface area contributed by atoms with Crippen molar-refractivity contribution in [2.24, 2.45) is 0 Å². The highest BCUT2D eigenvalue weighted by atomic mass is 16.5. The van der Waals surface area contributed by atoms with E-state index < -0.39 is 0 Å². The molecule has 2 aromatic rings. The molecule has 1 fully saturated rings. The van der Waals surface area contributed by atoms with Gasteiger partial charge < -0.3 is 15.4 Å². The number of aromatic amines is 1. The fourth-order valence-electron chi connectivity index (χ4n) is 2.61. The Balaban J connectivity index is 1.92. The van der Waals surface area contributed by atoms with E-state index in [-0.39, 0.29) is 6.10 Å². The highest BCUT2D eigenvalue weighted by molar-refractivity contribution is 5.87. The Labute approximate surface area is 111 Å². The minimum Gasteiger partial charge on any atom is -0.379 e. The van der Waals surface area contributed by atoms with Crippen molar-refractivity contribution in [3.63, 3.8) is 0 Å². The minimum atomic E-state index is 0.245. The number of nitrogens with zero attached hydrogens (tertiary/aromatic N) is 3. The van der Waals surface area contributed by atoms with Crippen molar-refractivity contribution in [1.82, 2.24) is 20.2 Å². The van der Waals surface area contributed by atoms with E-state index in [0.717, 1.165) is 29.7 Å². The van der Waals surface area contributed by atoms with Gasteiger partial charge in [0.15, 0.2) is 5.65 Å². The van der Waals surface area contributed by atoms with E-state index in [4.69, 9.17) is 4.74 Å². The molecule has 102 valence electrons. The Morgan fingerprint density at radius 3 is 3.05 bits per heavy atom. The number of fused-ring (bicyclic) bond motifs is 1. The number of nitrogens with one attached hydrogen (secondary N) is 3. The van der Waals surface area contributed by atoms with Gasteiger partial charge in [-0.25, -0.2) is 0 Å². The Hall–Kier alpha value is -1.89. The summed E-state index contributed by atoms with van der Waals surface area (Å²) in [6.07, 6.45) is 5.35. The lowest BCUT2D eigenvalue weighted by atomic mass is 10.2. The number of hydrogen-bond donors (Lipinski definition) is 3. The van der Waals surface area contributed by atoms with Crippen LogP contribution in [0.25, 0.3) is 11.0 Å². The smallest absolute Gasteiger partial charge is 0.226 e. The van der Waals surface area contributed by atoms with Gasteiger partial charge in [-0.05, 0) is 19.3 Å². The van der Waals surface area contributed by atoms with Crippen molar-refractivity contribution < 1.29 is 4.74 Å². The number of ether oxygens (including phenoxy) is 1. The normalized spacial score (nSPS) is 22.8. The Bertz CT molecular complexity index is 568. The first kappa shape index (κ1) is 12.2. The number of hydrogen-bond acceptors (Lipinski definition) is 6. The van der Waals surface area contributed by atoms with Crippen molar-refractivity contribution in [3.05, 3.63) is 6.20 Å². The van der Waals surface area contributed by atoms with Gasteiger partial charge >= 0.3 is 0 Å². The van der Waals surface area contributed by atoms with Gasteiger partial charge in [-0.15, -0.1) is 0 Å². The first-order chi connectivity index (χ1) is 9.31. The molecular weight excluding hydrogens is 244 g/mol. The molecule has 0 aliphatic heterocycles. The summed E-state index contributed by atoms with van der Waals surface area (Å²) in [5.41, 5.74) is 0.730. The second-order valence-electron chi connectivity index (χ2n) is 4.73. The summed E-state index contributed by atoms with van der Waals surface area (Å²) < 4.78 is 5.50. The van der Waals surface area contributed by atoms with Gasteiger partial charge in [0.2, 0.25) is 5.95 Å².